The minimum atomic E-state index is -3.68. The van der Waals surface area contributed by atoms with E-state index in [1.54, 1.807) is 24.3 Å². The number of aryl methyl sites for hydroxylation is 2. The first kappa shape index (κ1) is 15.5. The van der Waals surface area contributed by atoms with Crippen LogP contribution in [0.15, 0.2) is 64.0 Å². The van der Waals surface area contributed by atoms with Crippen LogP contribution in [0.4, 0.5) is 0 Å². The van der Waals surface area contributed by atoms with Crippen molar-refractivity contribution in [1.82, 2.24) is 4.57 Å². The Labute approximate surface area is 136 Å². The maximum atomic E-state index is 12.3. The van der Waals surface area contributed by atoms with Crippen LogP contribution < -0.4 is 0 Å². The van der Waals surface area contributed by atoms with E-state index in [4.69, 9.17) is 0 Å². The number of hydrogen-bond donors (Lipinski definition) is 0. The molecule has 0 saturated carbocycles. The fourth-order valence-electron chi connectivity index (χ4n) is 2.54. The van der Waals surface area contributed by atoms with Gasteiger partial charge >= 0.3 is 0 Å². The Morgan fingerprint density at radius 2 is 1.78 bits per heavy atom. The molecule has 23 heavy (non-hydrogen) atoms. The van der Waals surface area contributed by atoms with Crippen molar-refractivity contribution in [3.8, 4) is 0 Å². The van der Waals surface area contributed by atoms with Gasteiger partial charge in [0.2, 0.25) is 0 Å². The zero-order valence-electron chi connectivity index (χ0n) is 13.1. The normalized spacial score (nSPS) is 12.3. The van der Waals surface area contributed by atoms with Crippen LogP contribution in [0.5, 0.6) is 0 Å². The molecule has 0 amide bonds. The molecule has 0 aliphatic carbocycles. The lowest BCUT2D eigenvalue weighted by molar-refractivity contribution is 0.598. The lowest BCUT2D eigenvalue weighted by atomic mass is 10.2. The number of fused-ring (bicyclic) bond motifs is 1. The Kier molecular flexibility index (Phi) is 4.05. The van der Waals surface area contributed by atoms with Crippen LogP contribution in [0.2, 0.25) is 0 Å². The van der Waals surface area contributed by atoms with Crippen molar-refractivity contribution < 1.29 is 8.42 Å². The first-order valence-electron chi connectivity index (χ1n) is 7.46. The Balaban J connectivity index is 2.01. The van der Waals surface area contributed by atoms with Crippen molar-refractivity contribution >= 4 is 27.1 Å². The summed E-state index contributed by atoms with van der Waals surface area (Å²) in [5.41, 5.74) is 2.89. The van der Waals surface area contributed by atoms with Crippen LogP contribution in [0.1, 0.15) is 18.1 Å². The summed E-state index contributed by atoms with van der Waals surface area (Å²) in [6.07, 6.45) is 3.36. The van der Waals surface area contributed by atoms with Crippen molar-refractivity contribution in [1.29, 1.82) is 0 Å². The molecular weight excluding hydrogens is 308 g/mol. The Bertz CT molecular complexity index is 968. The molecule has 0 aliphatic rings. The number of para-hydroxylation sites is 1. The van der Waals surface area contributed by atoms with E-state index in [9.17, 15) is 8.42 Å². The molecule has 3 aromatic rings. The molecular formula is C18H18N2O2S. The third-order valence-electron chi connectivity index (χ3n) is 3.81. The van der Waals surface area contributed by atoms with Gasteiger partial charge < -0.3 is 4.57 Å². The molecule has 3 rings (SSSR count). The van der Waals surface area contributed by atoms with Crippen molar-refractivity contribution in [3.05, 3.63) is 65.9 Å². The van der Waals surface area contributed by atoms with Crippen LogP contribution in [-0.4, -0.2) is 19.2 Å². The van der Waals surface area contributed by atoms with Gasteiger partial charge in [-0.3, -0.25) is 0 Å². The topological polar surface area (TPSA) is 51.4 Å². The van der Waals surface area contributed by atoms with Gasteiger partial charge in [0, 0.05) is 35.4 Å². The molecule has 5 heteroatoms. The van der Waals surface area contributed by atoms with Crippen LogP contribution >= 0.6 is 0 Å². The number of sulfonamides is 1. The van der Waals surface area contributed by atoms with Crippen LogP contribution in [0.25, 0.3) is 10.9 Å². The van der Waals surface area contributed by atoms with Gasteiger partial charge in [0.1, 0.15) is 0 Å². The van der Waals surface area contributed by atoms with E-state index < -0.39 is 10.0 Å². The van der Waals surface area contributed by atoms with Gasteiger partial charge in [-0.1, -0.05) is 35.9 Å². The third kappa shape index (κ3) is 3.05. The summed E-state index contributed by atoms with van der Waals surface area (Å²) in [5, 5.41) is 0.997. The molecule has 0 N–H and O–H groups in total. The van der Waals surface area contributed by atoms with Crippen LogP contribution in [0.3, 0.4) is 0 Å². The van der Waals surface area contributed by atoms with E-state index in [0.717, 1.165) is 28.6 Å². The van der Waals surface area contributed by atoms with Crippen LogP contribution in [0, 0.1) is 6.92 Å². The van der Waals surface area contributed by atoms with Crippen molar-refractivity contribution in [3.63, 3.8) is 0 Å². The summed E-state index contributed by atoms with van der Waals surface area (Å²) >= 11 is 0. The van der Waals surface area contributed by atoms with E-state index in [2.05, 4.69) is 15.9 Å². The maximum Gasteiger partial charge on any atom is 0.282 e. The molecule has 1 aromatic heterocycles. The third-order valence-corrected chi connectivity index (χ3v) is 5.06. The predicted octanol–water partition coefficient (Wildman–Crippen LogP) is 3.78. The van der Waals surface area contributed by atoms with Gasteiger partial charge in [-0.15, -0.1) is 0 Å². The highest BCUT2D eigenvalue weighted by Gasteiger charge is 2.12. The zero-order valence-corrected chi connectivity index (χ0v) is 13.9. The molecule has 0 saturated heterocycles. The highest BCUT2D eigenvalue weighted by atomic mass is 32.2. The minimum absolute atomic E-state index is 0.207. The molecule has 0 radical (unpaired) electrons. The van der Waals surface area contributed by atoms with E-state index in [-0.39, 0.29) is 4.90 Å². The van der Waals surface area contributed by atoms with Gasteiger partial charge in [-0.25, -0.2) is 0 Å². The van der Waals surface area contributed by atoms with Crippen molar-refractivity contribution in [2.75, 3.05) is 0 Å². The van der Waals surface area contributed by atoms with E-state index in [1.807, 2.05) is 37.4 Å². The number of hydrogen-bond acceptors (Lipinski definition) is 2. The SMILES string of the molecule is CCn1cc(/C=N/S(=O)(=O)c2ccc(C)cc2)c2ccccc21. The molecule has 118 valence electrons. The van der Waals surface area contributed by atoms with E-state index >= 15 is 0 Å². The summed E-state index contributed by atoms with van der Waals surface area (Å²) in [4.78, 5) is 0.207. The largest absolute Gasteiger partial charge is 0.347 e. The Hall–Kier alpha value is -2.40. The smallest absolute Gasteiger partial charge is 0.282 e. The van der Waals surface area contributed by atoms with E-state index in [1.165, 1.54) is 6.21 Å². The second-order valence-electron chi connectivity index (χ2n) is 5.41. The van der Waals surface area contributed by atoms with Gasteiger partial charge in [0.15, 0.2) is 0 Å². The molecule has 1 heterocycles. The first-order chi connectivity index (χ1) is 11.0. The molecule has 0 unspecified atom stereocenters. The lowest BCUT2D eigenvalue weighted by Gasteiger charge is -1.99. The van der Waals surface area contributed by atoms with Crippen LogP contribution in [-0.2, 0) is 16.6 Å². The fourth-order valence-corrected chi connectivity index (χ4v) is 3.39. The molecule has 0 aliphatic heterocycles. The second kappa shape index (κ2) is 6.01. The number of aromatic nitrogens is 1. The van der Waals surface area contributed by atoms with Gasteiger partial charge in [0.25, 0.3) is 10.0 Å². The fraction of sp³-hybridized carbons (Fsp3) is 0.167. The quantitative estimate of drug-likeness (QED) is 0.685. The second-order valence-corrected chi connectivity index (χ2v) is 7.04. The standard InChI is InChI=1S/C18H18N2O2S/c1-3-20-13-15(17-6-4-5-7-18(17)20)12-19-23(21,22)16-10-8-14(2)9-11-16/h4-13H,3H2,1-2H3/b19-12+. The highest BCUT2D eigenvalue weighted by Crippen LogP contribution is 2.21. The number of nitrogens with zero attached hydrogens (tertiary/aromatic N) is 2. The van der Waals surface area contributed by atoms with Gasteiger partial charge in [0.05, 0.1) is 4.90 Å². The average molecular weight is 326 g/mol. The average Bonchev–Trinajstić information content (AvgIpc) is 2.92. The summed E-state index contributed by atoms with van der Waals surface area (Å²) in [5.74, 6) is 0. The molecule has 0 bridgehead atoms. The monoisotopic (exact) mass is 326 g/mol. The summed E-state index contributed by atoms with van der Waals surface area (Å²) in [6, 6.07) is 14.6. The van der Waals surface area contributed by atoms with Crippen molar-refractivity contribution in [2.24, 2.45) is 4.40 Å². The van der Waals surface area contributed by atoms with Crippen molar-refractivity contribution in [2.45, 2.75) is 25.3 Å². The lowest BCUT2D eigenvalue weighted by Crippen LogP contribution is -1.97. The molecule has 4 nitrogen and oxygen atoms in total. The Morgan fingerprint density at radius 1 is 1.09 bits per heavy atom. The van der Waals surface area contributed by atoms with Gasteiger partial charge in [-0.05, 0) is 32.0 Å². The highest BCUT2D eigenvalue weighted by molar-refractivity contribution is 7.90. The Morgan fingerprint density at radius 3 is 2.48 bits per heavy atom. The van der Waals surface area contributed by atoms with Gasteiger partial charge in [-0.2, -0.15) is 12.8 Å². The number of benzene rings is 2. The first-order valence-corrected chi connectivity index (χ1v) is 8.90. The molecule has 0 fully saturated rings. The predicted molar refractivity (Wildman–Crippen MR) is 93.6 cm³/mol. The summed E-state index contributed by atoms with van der Waals surface area (Å²) in [6.45, 7) is 4.79. The zero-order chi connectivity index (χ0) is 16.4. The molecule has 0 atom stereocenters. The summed E-state index contributed by atoms with van der Waals surface area (Å²) < 4.78 is 30.6. The summed E-state index contributed by atoms with van der Waals surface area (Å²) in [7, 11) is -3.68. The molecule has 2 aromatic carbocycles. The molecule has 0 spiro atoms. The maximum absolute atomic E-state index is 12.3. The minimum Gasteiger partial charge on any atom is -0.347 e. The number of rotatable bonds is 4. The van der Waals surface area contributed by atoms with E-state index in [0.29, 0.717) is 0 Å².